The summed E-state index contributed by atoms with van der Waals surface area (Å²) in [6.07, 6.45) is 4.56. The summed E-state index contributed by atoms with van der Waals surface area (Å²) >= 11 is 0. The van der Waals surface area contributed by atoms with Gasteiger partial charge in [0.05, 0.1) is 24.1 Å². The van der Waals surface area contributed by atoms with Crippen LogP contribution in [0.25, 0.3) is 5.69 Å². The maximum Gasteiger partial charge on any atom is 0.251 e. The molecule has 2 aromatic heterocycles. The number of aryl methyl sites for hydroxylation is 2. The molecule has 6 heteroatoms. The van der Waals surface area contributed by atoms with Crippen LogP contribution in [0.5, 0.6) is 0 Å². The van der Waals surface area contributed by atoms with Gasteiger partial charge in [0.25, 0.3) is 5.91 Å². The smallest absolute Gasteiger partial charge is 0.251 e. The third-order valence-electron chi connectivity index (χ3n) is 4.98. The first-order chi connectivity index (χ1) is 14.6. The van der Waals surface area contributed by atoms with E-state index in [0.717, 1.165) is 34.6 Å². The van der Waals surface area contributed by atoms with Crippen molar-refractivity contribution in [2.24, 2.45) is 0 Å². The Kier molecular flexibility index (Phi) is 5.75. The van der Waals surface area contributed by atoms with E-state index in [1.807, 2.05) is 90.2 Å². The first-order valence-corrected chi connectivity index (χ1v) is 10.1. The van der Waals surface area contributed by atoms with E-state index in [1.165, 1.54) is 0 Å². The van der Waals surface area contributed by atoms with Gasteiger partial charge in [-0.25, -0.2) is 4.68 Å². The lowest BCUT2D eigenvalue weighted by atomic mass is 10.1. The summed E-state index contributed by atoms with van der Waals surface area (Å²) < 4.78 is 3.80. The number of aromatic nitrogens is 4. The van der Waals surface area contributed by atoms with Crippen molar-refractivity contribution < 1.29 is 4.79 Å². The SMILES string of the molecule is Cc1cc(C)n(Cc2cccc(C(=O)NCCc3cnn(-c4ccccc4)c3)c2)n1. The van der Waals surface area contributed by atoms with Crippen LogP contribution in [0.2, 0.25) is 0 Å². The van der Waals surface area contributed by atoms with Gasteiger partial charge in [-0.1, -0.05) is 30.3 Å². The summed E-state index contributed by atoms with van der Waals surface area (Å²) in [5.41, 5.74) is 5.92. The van der Waals surface area contributed by atoms with Crippen LogP contribution in [0, 0.1) is 13.8 Å². The molecule has 0 saturated carbocycles. The van der Waals surface area contributed by atoms with Crippen LogP contribution in [0.4, 0.5) is 0 Å². The zero-order chi connectivity index (χ0) is 20.9. The number of nitrogens with zero attached hydrogens (tertiary/aromatic N) is 4. The fourth-order valence-corrected chi connectivity index (χ4v) is 3.45. The molecule has 6 nitrogen and oxygen atoms in total. The van der Waals surface area contributed by atoms with Gasteiger partial charge in [-0.15, -0.1) is 0 Å². The number of carbonyl (C=O) groups is 1. The average Bonchev–Trinajstić information content (AvgIpc) is 3.35. The van der Waals surface area contributed by atoms with E-state index >= 15 is 0 Å². The fraction of sp³-hybridized carbons (Fsp3) is 0.208. The Hall–Kier alpha value is -3.67. The summed E-state index contributed by atoms with van der Waals surface area (Å²) in [6, 6.07) is 19.7. The minimum absolute atomic E-state index is 0.0688. The second-order valence-electron chi connectivity index (χ2n) is 7.42. The lowest BCUT2D eigenvalue weighted by Crippen LogP contribution is -2.25. The highest BCUT2D eigenvalue weighted by Gasteiger charge is 2.08. The zero-order valence-corrected chi connectivity index (χ0v) is 17.2. The van der Waals surface area contributed by atoms with Crippen LogP contribution in [0.3, 0.4) is 0 Å². The van der Waals surface area contributed by atoms with E-state index < -0.39 is 0 Å². The van der Waals surface area contributed by atoms with Gasteiger partial charge in [-0.2, -0.15) is 10.2 Å². The van der Waals surface area contributed by atoms with E-state index in [2.05, 4.69) is 21.6 Å². The van der Waals surface area contributed by atoms with Crippen LogP contribution in [0.1, 0.15) is 32.9 Å². The zero-order valence-electron chi connectivity index (χ0n) is 17.2. The molecule has 0 aliphatic carbocycles. The van der Waals surface area contributed by atoms with Crippen molar-refractivity contribution >= 4 is 5.91 Å². The van der Waals surface area contributed by atoms with Crippen LogP contribution in [0.15, 0.2) is 73.1 Å². The molecule has 0 aliphatic heterocycles. The summed E-state index contributed by atoms with van der Waals surface area (Å²) in [4.78, 5) is 12.6. The molecule has 0 unspecified atom stereocenters. The summed E-state index contributed by atoms with van der Waals surface area (Å²) in [5, 5.41) is 11.9. The highest BCUT2D eigenvalue weighted by atomic mass is 16.1. The third-order valence-corrected chi connectivity index (χ3v) is 4.98. The van der Waals surface area contributed by atoms with Crippen LogP contribution in [-0.4, -0.2) is 32.0 Å². The maximum absolute atomic E-state index is 12.6. The molecule has 0 aliphatic rings. The molecule has 1 N–H and O–H groups in total. The van der Waals surface area contributed by atoms with Crippen molar-refractivity contribution in [3.05, 3.63) is 101 Å². The molecule has 30 heavy (non-hydrogen) atoms. The Balaban J connectivity index is 1.33. The Morgan fingerprint density at radius 1 is 1.00 bits per heavy atom. The second kappa shape index (κ2) is 8.78. The average molecular weight is 399 g/mol. The molecular formula is C24H25N5O. The molecule has 1 amide bonds. The molecule has 152 valence electrons. The van der Waals surface area contributed by atoms with Crippen molar-refractivity contribution in [1.82, 2.24) is 24.9 Å². The van der Waals surface area contributed by atoms with Gasteiger partial charge >= 0.3 is 0 Å². The van der Waals surface area contributed by atoms with Crippen molar-refractivity contribution in [2.45, 2.75) is 26.8 Å². The van der Waals surface area contributed by atoms with E-state index in [9.17, 15) is 4.79 Å². The number of rotatable bonds is 7. The first kappa shape index (κ1) is 19.6. The largest absolute Gasteiger partial charge is 0.352 e. The number of para-hydroxylation sites is 1. The standard InChI is InChI=1S/C24H25N5O/c1-18-13-19(2)28(27-18)16-20-7-6-8-22(14-20)24(30)25-12-11-21-15-26-29(17-21)23-9-4-3-5-10-23/h3-10,13-15,17H,11-12,16H2,1-2H3,(H,25,30). The lowest BCUT2D eigenvalue weighted by Gasteiger charge is -2.08. The first-order valence-electron chi connectivity index (χ1n) is 10.1. The molecule has 4 rings (SSSR count). The van der Waals surface area contributed by atoms with E-state index in [0.29, 0.717) is 18.7 Å². The van der Waals surface area contributed by atoms with Crippen molar-refractivity contribution in [3.8, 4) is 5.69 Å². The number of benzene rings is 2. The quantitative estimate of drug-likeness (QED) is 0.515. The molecule has 0 spiro atoms. The normalized spacial score (nSPS) is 10.9. The minimum atomic E-state index is -0.0688. The van der Waals surface area contributed by atoms with E-state index in [-0.39, 0.29) is 5.91 Å². The topological polar surface area (TPSA) is 64.7 Å². The molecule has 2 heterocycles. The molecule has 0 bridgehead atoms. The molecule has 2 aromatic carbocycles. The van der Waals surface area contributed by atoms with Gasteiger partial charge in [0, 0.05) is 24.0 Å². The van der Waals surface area contributed by atoms with Crippen LogP contribution in [-0.2, 0) is 13.0 Å². The van der Waals surface area contributed by atoms with Gasteiger partial charge < -0.3 is 5.32 Å². The minimum Gasteiger partial charge on any atom is -0.352 e. The fourth-order valence-electron chi connectivity index (χ4n) is 3.45. The summed E-state index contributed by atoms with van der Waals surface area (Å²) in [7, 11) is 0. The van der Waals surface area contributed by atoms with Gasteiger partial charge in [0.1, 0.15) is 0 Å². The Morgan fingerprint density at radius 3 is 2.60 bits per heavy atom. The predicted octanol–water partition coefficient (Wildman–Crippen LogP) is 3.71. The predicted molar refractivity (Wildman–Crippen MR) is 117 cm³/mol. The van der Waals surface area contributed by atoms with Crippen molar-refractivity contribution in [1.29, 1.82) is 0 Å². The number of carbonyl (C=O) groups excluding carboxylic acids is 1. The number of amides is 1. The molecule has 0 atom stereocenters. The van der Waals surface area contributed by atoms with Crippen molar-refractivity contribution in [2.75, 3.05) is 6.54 Å². The Bertz CT molecular complexity index is 1140. The van der Waals surface area contributed by atoms with Crippen LogP contribution < -0.4 is 5.32 Å². The Labute approximate surface area is 176 Å². The number of hydrogen-bond acceptors (Lipinski definition) is 3. The van der Waals surface area contributed by atoms with Gasteiger partial charge in [-0.05, 0) is 61.7 Å². The second-order valence-corrected chi connectivity index (χ2v) is 7.42. The highest BCUT2D eigenvalue weighted by molar-refractivity contribution is 5.94. The molecule has 0 fully saturated rings. The monoisotopic (exact) mass is 399 g/mol. The van der Waals surface area contributed by atoms with Gasteiger partial charge in [0.2, 0.25) is 0 Å². The summed E-state index contributed by atoms with van der Waals surface area (Å²) in [6.45, 7) is 5.23. The Morgan fingerprint density at radius 2 is 1.83 bits per heavy atom. The number of hydrogen-bond donors (Lipinski definition) is 1. The van der Waals surface area contributed by atoms with E-state index in [4.69, 9.17) is 0 Å². The number of nitrogens with one attached hydrogen (secondary N) is 1. The van der Waals surface area contributed by atoms with Crippen molar-refractivity contribution in [3.63, 3.8) is 0 Å². The van der Waals surface area contributed by atoms with E-state index in [1.54, 1.807) is 0 Å². The third kappa shape index (κ3) is 4.66. The molecular weight excluding hydrogens is 374 g/mol. The lowest BCUT2D eigenvalue weighted by molar-refractivity contribution is 0.0954. The van der Waals surface area contributed by atoms with Gasteiger partial charge in [0.15, 0.2) is 0 Å². The summed E-state index contributed by atoms with van der Waals surface area (Å²) in [5.74, 6) is -0.0688. The molecule has 4 aromatic rings. The van der Waals surface area contributed by atoms with Gasteiger partial charge in [-0.3, -0.25) is 9.48 Å². The van der Waals surface area contributed by atoms with Crippen LogP contribution >= 0.6 is 0 Å². The molecule has 0 radical (unpaired) electrons. The highest BCUT2D eigenvalue weighted by Crippen LogP contribution is 2.11. The maximum atomic E-state index is 12.6. The molecule has 0 saturated heterocycles.